The molecule has 3 rings (SSSR count). The zero-order valence-electron chi connectivity index (χ0n) is 39.8. The van der Waals surface area contributed by atoms with Gasteiger partial charge in [0.25, 0.3) is 5.69 Å². The first-order valence-electron chi connectivity index (χ1n) is 21.3. The second-order valence-electron chi connectivity index (χ2n) is 13.7. The van der Waals surface area contributed by atoms with Crippen LogP contribution in [0.4, 0.5) is 5.69 Å². The summed E-state index contributed by atoms with van der Waals surface area (Å²) in [5.74, 6) is 0.544. The zero-order valence-corrected chi connectivity index (χ0v) is 40.5. The summed E-state index contributed by atoms with van der Waals surface area (Å²) in [6.07, 6.45) is 14.4. The number of hydrogen-bond donors (Lipinski definition) is 0. The Morgan fingerprint density at radius 1 is 0.521 bits per heavy atom. The maximum Gasteiger partial charge on any atom is 0.331 e. The number of carbonyl (C=O) groups excluding carboxylic acids is 6. The Morgan fingerprint density at radius 3 is 1.29 bits per heavy atom. The standard InChI is InChI=1S/C18H19NO8.C18H20O6.C15H17ClO5.CH4/c1-3-10-26-17(20)8-9-18(21)27-13-15(24-2)12-25-11-14-6-4-5-7-16(14)19(22)23;1-3-11-22-13-16(21-2)14-24-18(20)10-9-17(19)23-12-15-7-5-4-6-8-15;1-19-13(9-16)11-21-15(18)8-7-14(17)20-10-12-5-3-2-4-6-12;/h1,4-9,15H,10-13H2,2H3;1,4-10,16H,11-14H2,2H3;2-8,13H,9-11H2,1H3;1H4/b9-8+;10-9+;8-7+;. The molecule has 0 saturated heterocycles. The van der Waals surface area contributed by atoms with Gasteiger partial charge in [0.2, 0.25) is 0 Å². The van der Waals surface area contributed by atoms with Crippen molar-refractivity contribution in [1.82, 2.24) is 0 Å². The SMILES string of the molecule is C.C#CCOC(=O)/C=C/C(=O)OCC(COCc1ccccc1[N+](=O)[O-])OC.C#CCOCC(COC(=O)/C=C/C(=O)OCc1ccccc1)OC.COC(CCl)COC(=O)/C=C/C(=O)OCc1ccccc1. The summed E-state index contributed by atoms with van der Waals surface area (Å²) in [6, 6.07) is 24.7. The molecule has 0 aliphatic rings. The summed E-state index contributed by atoms with van der Waals surface area (Å²) >= 11 is 5.57. The highest BCUT2D eigenvalue weighted by atomic mass is 35.5. The highest BCUT2D eigenvalue weighted by Gasteiger charge is 2.16. The van der Waals surface area contributed by atoms with E-state index in [1.54, 1.807) is 18.2 Å². The number of ether oxygens (including phenoxy) is 11. The van der Waals surface area contributed by atoms with Crippen LogP contribution in [0.2, 0.25) is 0 Å². The zero-order chi connectivity index (χ0) is 53.2. The molecule has 0 amide bonds. The van der Waals surface area contributed by atoms with Crippen LogP contribution in [-0.4, -0.2) is 133 Å². The summed E-state index contributed by atoms with van der Waals surface area (Å²) < 4.78 is 54.9. The fraction of sp³-hybridized carbons (Fsp3) is 0.346. The number of halogens is 1. The van der Waals surface area contributed by atoms with Crippen LogP contribution in [-0.2, 0) is 101 Å². The van der Waals surface area contributed by atoms with Crippen LogP contribution in [0.15, 0.2) is 121 Å². The van der Waals surface area contributed by atoms with Gasteiger partial charge in [-0.3, -0.25) is 10.1 Å². The maximum absolute atomic E-state index is 11.5. The summed E-state index contributed by atoms with van der Waals surface area (Å²) in [5.41, 5.74) is 2.10. The first kappa shape index (κ1) is 65.3. The number of nitrogens with zero attached hydrogens (tertiary/aromatic N) is 1. The highest BCUT2D eigenvalue weighted by Crippen LogP contribution is 2.18. The number of para-hydroxylation sites is 1. The van der Waals surface area contributed by atoms with Gasteiger partial charge in [-0.15, -0.1) is 24.4 Å². The fourth-order valence-corrected chi connectivity index (χ4v) is 4.91. The lowest BCUT2D eigenvalue weighted by Gasteiger charge is -2.15. The van der Waals surface area contributed by atoms with Crippen molar-refractivity contribution in [2.45, 2.75) is 45.6 Å². The third-order valence-electron chi connectivity index (χ3n) is 8.46. The van der Waals surface area contributed by atoms with Crippen molar-refractivity contribution >= 4 is 53.1 Å². The van der Waals surface area contributed by atoms with Crippen molar-refractivity contribution in [2.75, 3.05) is 73.5 Å². The molecule has 0 bridgehead atoms. The monoisotopic (exact) mass is 1040 g/mol. The van der Waals surface area contributed by atoms with E-state index >= 15 is 0 Å². The molecular formula is C52H60ClNO19. The van der Waals surface area contributed by atoms with Crippen LogP contribution < -0.4 is 0 Å². The smallest absolute Gasteiger partial charge is 0.331 e. The van der Waals surface area contributed by atoms with Crippen molar-refractivity contribution in [3.63, 3.8) is 0 Å². The first-order valence-corrected chi connectivity index (χ1v) is 21.8. The molecule has 394 valence electrons. The number of nitro groups is 1. The Bertz CT molecular complexity index is 2270. The quantitative estimate of drug-likeness (QED) is 0.0120. The van der Waals surface area contributed by atoms with Crippen molar-refractivity contribution < 1.29 is 85.8 Å². The molecule has 0 fully saturated rings. The molecule has 0 spiro atoms. The van der Waals surface area contributed by atoms with Gasteiger partial charge < -0.3 is 52.1 Å². The lowest BCUT2D eigenvalue weighted by molar-refractivity contribution is -0.386. The predicted octanol–water partition coefficient (Wildman–Crippen LogP) is 5.62. The Kier molecular flexibility index (Phi) is 37.6. The predicted molar refractivity (Wildman–Crippen MR) is 265 cm³/mol. The molecule has 20 nitrogen and oxygen atoms in total. The van der Waals surface area contributed by atoms with Crippen molar-refractivity contribution in [3.05, 3.63) is 148 Å². The first-order chi connectivity index (χ1) is 34.8. The Labute approximate surface area is 429 Å². The highest BCUT2D eigenvalue weighted by molar-refractivity contribution is 6.18. The van der Waals surface area contributed by atoms with Crippen molar-refractivity contribution in [3.8, 4) is 24.7 Å². The van der Waals surface area contributed by atoms with Gasteiger partial charge in [0.15, 0.2) is 6.61 Å². The number of alkyl halides is 1. The number of carbonyl (C=O) groups is 6. The van der Waals surface area contributed by atoms with Crippen LogP contribution in [0.3, 0.4) is 0 Å². The summed E-state index contributed by atoms with van der Waals surface area (Å²) in [7, 11) is 4.34. The molecule has 0 aromatic heterocycles. The molecule has 0 heterocycles. The van der Waals surface area contributed by atoms with Crippen LogP contribution in [0.5, 0.6) is 0 Å². The van der Waals surface area contributed by atoms with E-state index in [-0.39, 0.29) is 91.2 Å². The van der Waals surface area contributed by atoms with Gasteiger partial charge >= 0.3 is 35.8 Å². The third-order valence-corrected chi connectivity index (χ3v) is 8.80. The Balaban J connectivity index is 0.00000107. The number of rotatable bonds is 29. The molecule has 0 N–H and O–H groups in total. The molecule has 21 heteroatoms. The van der Waals surface area contributed by atoms with Crippen molar-refractivity contribution in [1.29, 1.82) is 0 Å². The lowest BCUT2D eigenvalue weighted by Crippen LogP contribution is -2.25. The van der Waals surface area contributed by atoms with E-state index in [1.165, 1.54) is 27.4 Å². The summed E-state index contributed by atoms with van der Waals surface area (Å²) in [5, 5.41) is 10.9. The van der Waals surface area contributed by atoms with Gasteiger partial charge in [0, 0.05) is 63.9 Å². The average molecular weight is 1040 g/mol. The number of hydrogen-bond acceptors (Lipinski definition) is 19. The Morgan fingerprint density at radius 2 is 0.890 bits per heavy atom. The van der Waals surface area contributed by atoms with Crippen LogP contribution >= 0.6 is 11.6 Å². The van der Waals surface area contributed by atoms with E-state index in [4.69, 9.17) is 71.8 Å². The molecule has 73 heavy (non-hydrogen) atoms. The summed E-state index contributed by atoms with van der Waals surface area (Å²) in [4.78, 5) is 78.9. The van der Waals surface area contributed by atoms with Gasteiger partial charge in [0.05, 0.1) is 36.2 Å². The van der Waals surface area contributed by atoms with E-state index in [0.717, 1.165) is 47.6 Å². The number of methoxy groups -OCH3 is 3. The number of esters is 6. The van der Waals surface area contributed by atoms with Gasteiger partial charge in [-0.25, -0.2) is 28.8 Å². The normalized spacial score (nSPS) is 11.6. The van der Waals surface area contributed by atoms with E-state index in [2.05, 4.69) is 16.6 Å². The fourth-order valence-electron chi connectivity index (χ4n) is 4.70. The maximum atomic E-state index is 11.5. The number of terminal acetylenes is 2. The third kappa shape index (κ3) is 33.5. The lowest BCUT2D eigenvalue weighted by atomic mass is 10.2. The molecule has 0 saturated carbocycles. The average Bonchev–Trinajstić information content (AvgIpc) is 3.40. The number of benzene rings is 3. The second-order valence-corrected chi connectivity index (χ2v) is 14.0. The number of nitro benzene ring substituents is 1. The van der Waals surface area contributed by atoms with Gasteiger partial charge in [-0.2, -0.15) is 0 Å². The molecule has 3 unspecified atom stereocenters. The molecule has 3 aromatic carbocycles. The van der Waals surface area contributed by atoms with E-state index in [1.807, 2.05) is 60.7 Å². The molecule has 0 aliphatic carbocycles. The van der Waals surface area contributed by atoms with Crippen LogP contribution in [0.25, 0.3) is 0 Å². The molecule has 3 atom stereocenters. The van der Waals surface area contributed by atoms with E-state index < -0.39 is 52.9 Å². The van der Waals surface area contributed by atoms with Crippen LogP contribution in [0, 0.1) is 34.8 Å². The minimum Gasteiger partial charge on any atom is -0.460 e. The van der Waals surface area contributed by atoms with Crippen molar-refractivity contribution in [2.24, 2.45) is 0 Å². The minimum absolute atomic E-state index is 0. The minimum atomic E-state index is -0.770. The largest absolute Gasteiger partial charge is 0.460 e. The second kappa shape index (κ2) is 42.0. The molecule has 3 aromatic rings. The molecular weight excluding hydrogens is 978 g/mol. The molecule has 0 radical (unpaired) electrons. The van der Waals surface area contributed by atoms with Gasteiger partial charge in [-0.05, 0) is 17.2 Å². The topological polar surface area (TPSA) is 247 Å². The van der Waals surface area contributed by atoms with E-state index in [0.29, 0.717) is 5.56 Å². The Hall–Kier alpha value is -7.69. The van der Waals surface area contributed by atoms with Gasteiger partial charge in [0.1, 0.15) is 58.0 Å². The summed E-state index contributed by atoms with van der Waals surface area (Å²) in [6.45, 7) is 0.393. The van der Waals surface area contributed by atoms with Gasteiger partial charge in [-0.1, -0.05) is 92.1 Å². The van der Waals surface area contributed by atoms with E-state index in [9.17, 15) is 38.9 Å². The molecule has 0 aliphatic heterocycles. The van der Waals surface area contributed by atoms with Crippen LogP contribution in [0.1, 0.15) is 24.1 Å².